The molecule has 0 spiro atoms. The molecule has 6 nitrogen and oxygen atoms in total. The highest BCUT2D eigenvalue weighted by Crippen LogP contribution is 2.39. The minimum absolute atomic E-state index is 0. The second-order valence-electron chi connectivity index (χ2n) is 6.24. The largest absolute Gasteiger partial charge is 0.493 e. The summed E-state index contributed by atoms with van der Waals surface area (Å²) in [6.45, 7) is 6.18. The van der Waals surface area contributed by atoms with Gasteiger partial charge in [0.2, 0.25) is 5.75 Å². The van der Waals surface area contributed by atoms with Crippen LogP contribution in [0.3, 0.4) is 0 Å². The van der Waals surface area contributed by atoms with E-state index >= 15 is 0 Å². The molecule has 0 amide bonds. The number of nitrogens with zero attached hydrogens (tertiary/aromatic N) is 2. The molecule has 0 aliphatic carbocycles. The smallest absolute Gasteiger partial charge is 0.203 e. The molecule has 1 aliphatic rings. The van der Waals surface area contributed by atoms with Gasteiger partial charge >= 0.3 is 0 Å². The summed E-state index contributed by atoms with van der Waals surface area (Å²) in [5, 5.41) is 3.48. The molecule has 148 valence electrons. The van der Waals surface area contributed by atoms with E-state index in [0.717, 1.165) is 31.7 Å². The van der Waals surface area contributed by atoms with Gasteiger partial charge in [0.05, 0.1) is 20.8 Å². The lowest BCUT2D eigenvalue weighted by Crippen LogP contribution is -2.45. The zero-order valence-electron chi connectivity index (χ0n) is 16.1. The number of hydrogen-bond donors (Lipinski definition) is 1. The average Bonchev–Trinajstić information content (AvgIpc) is 2.70. The van der Waals surface area contributed by atoms with Crippen molar-refractivity contribution in [2.45, 2.75) is 19.5 Å². The fourth-order valence-electron chi connectivity index (χ4n) is 3.38. The van der Waals surface area contributed by atoms with Gasteiger partial charge in [0, 0.05) is 44.6 Å². The number of piperazine rings is 1. The Hall–Kier alpha value is -2.02. The van der Waals surface area contributed by atoms with Gasteiger partial charge in [-0.25, -0.2) is 0 Å². The van der Waals surface area contributed by atoms with E-state index < -0.39 is 0 Å². The van der Waals surface area contributed by atoms with Crippen LogP contribution in [0.4, 0.5) is 0 Å². The maximum atomic E-state index is 5.70. The standard InChI is InChI=1S/C20H27N3O3.ClH/c1-4-26-20-18(24-2)10-15(11-19(20)25-3)14-23-9-8-22-13-17(23)16-6-5-7-21-12-16;/h5-7,10-12,17,22H,4,8-9,13-14H2,1-3H3;1H. The maximum absolute atomic E-state index is 5.70. The Morgan fingerprint density at radius 2 is 1.96 bits per heavy atom. The number of halogens is 1. The predicted molar refractivity (Wildman–Crippen MR) is 108 cm³/mol. The number of hydrogen-bond acceptors (Lipinski definition) is 6. The Bertz CT molecular complexity index is 690. The van der Waals surface area contributed by atoms with E-state index in [1.54, 1.807) is 14.2 Å². The molecule has 3 rings (SSSR count). The van der Waals surface area contributed by atoms with Crippen molar-refractivity contribution < 1.29 is 14.2 Å². The fraction of sp³-hybridized carbons (Fsp3) is 0.450. The fourth-order valence-corrected chi connectivity index (χ4v) is 3.38. The molecule has 2 heterocycles. The van der Waals surface area contributed by atoms with Crippen molar-refractivity contribution in [3.05, 3.63) is 47.8 Å². The van der Waals surface area contributed by atoms with Gasteiger partial charge in [-0.1, -0.05) is 6.07 Å². The van der Waals surface area contributed by atoms with Crippen molar-refractivity contribution >= 4 is 12.4 Å². The van der Waals surface area contributed by atoms with Crippen molar-refractivity contribution in [3.63, 3.8) is 0 Å². The van der Waals surface area contributed by atoms with E-state index in [0.29, 0.717) is 29.9 Å². The van der Waals surface area contributed by atoms with Gasteiger partial charge in [0.1, 0.15) is 0 Å². The summed E-state index contributed by atoms with van der Waals surface area (Å²) in [4.78, 5) is 6.74. The highest BCUT2D eigenvalue weighted by atomic mass is 35.5. The van der Waals surface area contributed by atoms with Gasteiger partial charge in [0.25, 0.3) is 0 Å². The first-order chi connectivity index (χ1) is 12.8. The molecule has 0 radical (unpaired) electrons. The highest BCUT2D eigenvalue weighted by Gasteiger charge is 2.25. The number of pyridine rings is 1. The summed E-state index contributed by atoms with van der Waals surface area (Å²) < 4.78 is 16.8. The average molecular weight is 394 g/mol. The van der Waals surface area contributed by atoms with E-state index in [1.165, 1.54) is 5.56 Å². The monoisotopic (exact) mass is 393 g/mol. The van der Waals surface area contributed by atoms with Crippen molar-refractivity contribution in [2.24, 2.45) is 0 Å². The summed E-state index contributed by atoms with van der Waals surface area (Å²) in [6, 6.07) is 8.49. The van der Waals surface area contributed by atoms with Gasteiger partial charge < -0.3 is 19.5 Å². The highest BCUT2D eigenvalue weighted by molar-refractivity contribution is 5.85. The molecule has 1 saturated heterocycles. The van der Waals surface area contributed by atoms with Crippen LogP contribution in [0, 0.1) is 0 Å². The summed E-state index contributed by atoms with van der Waals surface area (Å²) in [6.07, 6.45) is 3.76. The molecule has 0 saturated carbocycles. The lowest BCUT2D eigenvalue weighted by atomic mass is 10.0. The first kappa shape index (κ1) is 21.3. The first-order valence-electron chi connectivity index (χ1n) is 8.99. The van der Waals surface area contributed by atoms with Crippen LogP contribution >= 0.6 is 12.4 Å². The number of nitrogens with one attached hydrogen (secondary N) is 1. The molecule has 1 aromatic heterocycles. The SMILES string of the molecule is CCOc1c(OC)cc(CN2CCNCC2c2cccnc2)cc1OC.Cl. The number of rotatable bonds is 7. The minimum atomic E-state index is 0. The van der Waals surface area contributed by atoms with Crippen LogP contribution in [0.1, 0.15) is 24.1 Å². The molecular weight excluding hydrogens is 366 g/mol. The van der Waals surface area contributed by atoms with Crippen LogP contribution in [0.5, 0.6) is 17.2 Å². The van der Waals surface area contributed by atoms with Crippen LogP contribution in [-0.2, 0) is 6.54 Å². The summed E-state index contributed by atoms with van der Waals surface area (Å²) >= 11 is 0. The number of methoxy groups -OCH3 is 2. The van der Waals surface area contributed by atoms with Crippen LogP contribution in [0.2, 0.25) is 0 Å². The molecule has 1 aromatic carbocycles. The summed E-state index contributed by atoms with van der Waals surface area (Å²) in [5.41, 5.74) is 2.36. The Morgan fingerprint density at radius 1 is 1.22 bits per heavy atom. The lowest BCUT2D eigenvalue weighted by Gasteiger charge is -2.36. The third-order valence-electron chi connectivity index (χ3n) is 4.62. The van der Waals surface area contributed by atoms with Crippen molar-refractivity contribution in [1.82, 2.24) is 15.2 Å². The topological polar surface area (TPSA) is 55.9 Å². The number of aromatic nitrogens is 1. The second-order valence-corrected chi connectivity index (χ2v) is 6.24. The third-order valence-corrected chi connectivity index (χ3v) is 4.62. The first-order valence-corrected chi connectivity index (χ1v) is 8.99. The summed E-state index contributed by atoms with van der Waals surface area (Å²) in [7, 11) is 3.31. The van der Waals surface area contributed by atoms with Crippen LogP contribution in [-0.4, -0.2) is 50.3 Å². The Morgan fingerprint density at radius 3 is 2.56 bits per heavy atom. The molecular formula is C20H28ClN3O3. The van der Waals surface area contributed by atoms with E-state index in [1.807, 2.05) is 37.5 Å². The van der Waals surface area contributed by atoms with E-state index in [2.05, 4.69) is 21.3 Å². The molecule has 0 bridgehead atoms. The molecule has 1 aliphatic heterocycles. The summed E-state index contributed by atoms with van der Waals surface area (Å²) in [5.74, 6) is 2.06. The molecule has 1 unspecified atom stereocenters. The van der Waals surface area contributed by atoms with Gasteiger partial charge in [-0.3, -0.25) is 9.88 Å². The van der Waals surface area contributed by atoms with E-state index in [-0.39, 0.29) is 12.4 Å². The van der Waals surface area contributed by atoms with E-state index in [9.17, 15) is 0 Å². The van der Waals surface area contributed by atoms with Crippen LogP contribution in [0.15, 0.2) is 36.7 Å². The zero-order valence-corrected chi connectivity index (χ0v) is 16.9. The van der Waals surface area contributed by atoms with Gasteiger partial charge in [-0.15, -0.1) is 12.4 Å². The number of benzene rings is 1. The second kappa shape index (κ2) is 10.3. The Kier molecular flexibility index (Phi) is 8.16. The molecule has 1 N–H and O–H groups in total. The van der Waals surface area contributed by atoms with Crippen molar-refractivity contribution in [2.75, 3.05) is 40.5 Å². The molecule has 1 atom stereocenters. The van der Waals surface area contributed by atoms with Crippen molar-refractivity contribution in [3.8, 4) is 17.2 Å². The van der Waals surface area contributed by atoms with E-state index in [4.69, 9.17) is 14.2 Å². The maximum Gasteiger partial charge on any atom is 0.203 e. The molecule has 7 heteroatoms. The molecule has 1 fully saturated rings. The van der Waals surface area contributed by atoms with Gasteiger partial charge in [-0.05, 0) is 36.2 Å². The van der Waals surface area contributed by atoms with Gasteiger partial charge in [-0.2, -0.15) is 0 Å². The van der Waals surface area contributed by atoms with Crippen LogP contribution < -0.4 is 19.5 Å². The Labute approximate surface area is 167 Å². The molecule has 27 heavy (non-hydrogen) atoms. The minimum Gasteiger partial charge on any atom is -0.493 e. The van der Waals surface area contributed by atoms with Gasteiger partial charge in [0.15, 0.2) is 11.5 Å². The van der Waals surface area contributed by atoms with Crippen LogP contribution in [0.25, 0.3) is 0 Å². The zero-order chi connectivity index (χ0) is 18.4. The Balaban J connectivity index is 0.00000261. The lowest BCUT2D eigenvalue weighted by molar-refractivity contribution is 0.153. The molecule has 2 aromatic rings. The quantitative estimate of drug-likeness (QED) is 0.780. The predicted octanol–water partition coefficient (Wildman–Crippen LogP) is 3.07. The third kappa shape index (κ3) is 5.03. The number of ether oxygens (including phenoxy) is 3. The normalized spacial score (nSPS) is 17.1. The van der Waals surface area contributed by atoms with Crippen molar-refractivity contribution in [1.29, 1.82) is 0 Å².